The first-order valence-electron chi connectivity index (χ1n) is 6.16. The standard InChI is InChI=1S/C15H13BBr2/c1-15(8-16)13-6-9(17)2-4-11(13)12-5-3-10(18)7-14(12)15/h2-7H,8,16H2,1H3. The van der Waals surface area contributed by atoms with Crippen LogP contribution in [0.15, 0.2) is 45.3 Å². The molecule has 90 valence electrons. The third kappa shape index (κ3) is 1.64. The lowest BCUT2D eigenvalue weighted by Gasteiger charge is -2.26. The Hall–Kier alpha value is -0.535. The third-order valence-corrected chi connectivity index (χ3v) is 5.14. The molecule has 2 aromatic carbocycles. The number of rotatable bonds is 1. The maximum Gasteiger partial charge on any atom is 0.102 e. The Balaban J connectivity index is 2.37. The van der Waals surface area contributed by atoms with E-state index in [4.69, 9.17) is 0 Å². The Labute approximate surface area is 125 Å². The summed E-state index contributed by atoms with van der Waals surface area (Å²) in [5.41, 5.74) is 5.76. The van der Waals surface area contributed by atoms with Crippen molar-refractivity contribution in [3.8, 4) is 11.1 Å². The maximum atomic E-state index is 3.60. The van der Waals surface area contributed by atoms with E-state index in [1.165, 1.54) is 22.3 Å². The first kappa shape index (κ1) is 12.5. The monoisotopic (exact) mass is 362 g/mol. The van der Waals surface area contributed by atoms with Gasteiger partial charge in [-0.15, -0.1) is 0 Å². The molecule has 0 saturated carbocycles. The van der Waals surface area contributed by atoms with E-state index >= 15 is 0 Å². The van der Waals surface area contributed by atoms with Crippen molar-refractivity contribution in [3.05, 3.63) is 56.5 Å². The zero-order chi connectivity index (χ0) is 12.9. The highest BCUT2D eigenvalue weighted by Gasteiger charge is 2.37. The highest BCUT2D eigenvalue weighted by Crippen LogP contribution is 2.51. The van der Waals surface area contributed by atoms with Gasteiger partial charge in [-0.1, -0.05) is 57.2 Å². The lowest BCUT2D eigenvalue weighted by atomic mass is 9.71. The molecule has 0 unspecified atom stereocenters. The van der Waals surface area contributed by atoms with Crippen LogP contribution in [0.25, 0.3) is 11.1 Å². The van der Waals surface area contributed by atoms with Crippen LogP contribution in [-0.4, -0.2) is 7.85 Å². The molecular weight excluding hydrogens is 351 g/mol. The summed E-state index contributed by atoms with van der Waals surface area (Å²) in [6, 6.07) is 13.3. The van der Waals surface area contributed by atoms with Gasteiger partial charge in [0.2, 0.25) is 0 Å². The molecule has 0 aromatic heterocycles. The molecule has 3 heteroatoms. The van der Waals surface area contributed by atoms with E-state index in [2.05, 4.69) is 83.0 Å². The van der Waals surface area contributed by atoms with Crippen molar-refractivity contribution in [2.45, 2.75) is 18.7 Å². The smallest absolute Gasteiger partial charge is 0.0677 e. The average Bonchev–Trinajstić information content (AvgIpc) is 2.60. The maximum absolute atomic E-state index is 3.60. The number of hydrogen-bond donors (Lipinski definition) is 0. The quantitative estimate of drug-likeness (QED) is 0.652. The van der Waals surface area contributed by atoms with Gasteiger partial charge in [0.05, 0.1) is 0 Å². The van der Waals surface area contributed by atoms with E-state index in [0.29, 0.717) is 0 Å². The van der Waals surface area contributed by atoms with Crippen molar-refractivity contribution in [1.82, 2.24) is 0 Å². The Kier molecular flexibility index (Phi) is 2.95. The number of benzene rings is 2. The predicted octanol–water partition coefficient (Wildman–Crippen LogP) is 4.55. The molecule has 0 spiro atoms. The molecule has 18 heavy (non-hydrogen) atoms. The van der Waals surface area contributed by atoms with Gasteiger partial charge in [0.1, 0.15) is 7.85 Å². The fourth-order valence-corrected chi connectivity index (χ4v) is 3.66. The Morgan fingerprint density at radius 1 is 0.944 bits per heavy atom. The van der Waals surface area contributed by atoms with Gasteiger partial charge in [0.15, 0.2) is 0 Å². The molecule has 0 bridgehead atoms. The summed E-state index contributed by atoms with van der Waals surface area (Å²) < 4.78 is 2.32. The van der Waals surface area contributed by atoms with Gasteiger partial charge in [-0.25, -0.2) is 0 Å². The molecule has 0 amide bonds. The zero-order valence-corrected chi connectivity index (χ0v) is 13.6. The highest BCUT2D eigenvalue weighted by molar-refractivity contribution is 9.10. The summed E-state index contributed by atoms with van der Waals surface area (Å²) in [6.45, 7) is 2.34. The van der Waals surface area contributed by atoms with Crippen molar-refractivity contribution in [2.75, 3.05) is 0 Å². The molecule has 1 aliphatic rings. The van der Waals surface area contributed by atoms with Gasteiger partial charge in [0.25, 0.3) is 0 Å². The number of halogens is 2. The van der Waals surface area contributed by atoms with Gasteiger partial charge in [0, 0.05) is 14.4 Å². The van der Waals surface area contributed by atoms with Crippen molar-refractivity contribution in [3.63, 3.8) is 0 Å². The molecule has 3 rings (SSSR count). The van der Waals surface area contributed by atoms with Crippen LogP contribution < -0.4 is 0 Å². The van der Waals surface area contributed by atoms with Crippen LogP contribution in [0.2, 0.25) is 6.32 Å². The van der Waals surface area contributed by atoms with Gasteiger partial charge in [-0.2, -0.15) is 0 Å². The molecule has 0 fully saturated rings. The second-order valence-electron chi connectivity index (χ2n) is 5.07. The molecule has 0 N–H and O–H groups in total. The summed E-state index contributed by atoms with van der Waals surface area (Å²) in [7, 11) is 2.26. The van der Waals surface area contributed by atoms with Gasteiger partial charge >= 0.3 is 0 Å². The SMILES string of the molecule is BCC1(C)c2cc(Br)ccc2-c2ccc(Br)cc21. The van der Waals surface area contributed by atoms with Gasteiger partial charge in [-0.05, 0) is 46.5 Å². The average molecular weight is 364 g/mol. The predicted molar refractivity (Wildman–Crippen MR) is 87.1 cm³/mol. The normalized spacial score (nSPS) is 15.3. The lowest BCUT2D eigenvalue weighted by molar-refractivity contribution is 0.658. The Morgan fingerprint density at radius 3 is 1.78 bits per heavy atom. The van der Waals surface area contributed by atoms with Crippen LogP contribution >= 0.6 is 31.9 Å². The second-order valence-corrected chi connectivity index (χ2v) is 6.90. The van der Waals surface area contributed by atoms with Crippen LogP contribution in [0.3, 0.4) is 0 Å². The highest BCUT2D eigenvalue weighted by atomic mass is 79.9. The van der Waals surface area contributed by atoms with Crippen molar-refractivity contribution in [1.29, 1.82) is 0 Å². The van der Waals surface area contributed by atoms with E-state index in [0.717, 1.165) is 15.3 Å². The van der Waals surface area contributed by atoms with Crippen molar-refractivity contribution in [2.24, 2.45) is 0 Å². The molecule has 2 aromatic rings. The summed E-state index contributed by atoms with van der Waals surface area (Å²) in [4.78, 5) is 0. The first-order valence-corrected chi connectivity index (χ1v) is 7.75. The molecule has 0 atom stereocenters. The fourth-order valence-electron chi connectivity index (χ4n) is 2.94. The zero-order valence-electron chi connectivity index (χ0n) is 10.4. The molecule has 0 aliphatic heterocycles. The number of hydrogen-bond acceptors (Lipinski definition) is 0. The molecular formula is C15H13BBr2. The second kappa shape index (κ2) is 4.24. The van der Waals surface area contributed by atoms with Crippen LogP contribution in [0.4, 0.5) is 0 Å². The lowest BCUT2D eigenvalue weighted by Crippen LogP contribution is -2.19. The van der Waals surface area contributed by atoms with Crippen molar-refractivity contribution < 1.29 is 0 Å². The topological polar surface area (TPSA) is 0 Å². The third-order valence-electron chi connectivity index (χ3n) is 4.15. The van der Waals surface area contributed by atoms with Crippen LogP contribution in [0.1, 0.15) is 18.1 Å². The van der Waals surface area contributed by atoms with Gasteiger partial charge < -0.3 is 0 Å². The molecule has 0 saturated heterocycles. The summed E-state index contributed by atoms with van der Waals surface area (Å²) in [5.74, 6) is 0. The molecule has 0 nitrogen and oxygen atoms in total. The summed E-state index contributed by atoms with van der Waals surface area (Å²) in [5, 5.41) is 0. The minimum atomic E-state index is 0.123. The Morgan fingerprint density at radius 2 is 1.39 bits per heavy atom. The largest absolute Gasteiger partial charge is 0.102 e. The van der Waals surface area contributed by atoms with E-state index < -0.39 is 0 Å². The van der Waals surface area contributed by atoms with E-state index in [-0.39, 0.29) is 5.41 Å². The summed E-state index contributed by atoms with van der Waals surface area (Å²) in [6.07, 6.45) is 1.11. The molecule has 0 radical (unpaired) electrons. The van der Waals surface area contributed by atoms with Crippen LogP contribution in [0.5, 0.6) is 0 Å². The van der Waals surface area contributed by atoms with E-state index in [9.17, 15) is 0 Å². The molecule has 0 heterocycles. The first-order chi connectivity index (χ1) is 8.56. The van der Waals surface area contributed by atoms with Crippen LogP contribution in [-0.2, 0) is 5.41 Å². The molecule has 1 aliphatic carbocycles. The number of fused-ring (bicyclic) bond motifs is 3. The van der Waals surface area contributed by atoms with Crippen molar-refractivity contribution >= 4 is 39.7 Å². The van der Waals surface area contributed by atoms with Gasteiger partial charge in [-0.3, -0.25) is 0 Å². The van der Waals surface area contributed by atoms with E-state index in [1.807, 2.05) is 0 Å². The van der Waals surface area contributed by atoms with E-state index in [1.54, 1.807) is 0 Å². The fraction of sp³-hybridized carbons (Fsp3) is 0.200. The minimum absolute atomic E-state index is 0.123. The minimum Gasteiger partial charge on any atom is -0.0677 e. The summed E-state index contributed by atoms with van der Waals surface area (Å²) >= 11 is 7.19. The van der Waals surface area contributed by atoms with Crippen LogP contribution in [0, 0.1) is 0 Å². The Bertz CT molecular complexity index is 583.